The number of methoxy groups -OCH3 is 1. The predicted octanol–water partition coefficient (Wildman–Crippen LogP) is 1.84. The average Bonchev–Trinajstić information content (AvgIpc) is 3.49. The third-order valence-electron chi connectivity index (χ3n) is 5.60. The number of rotatable bonds is 13. The summed E-state index contributed by atoms with van der Waals surface area (Å²) in [5, 5.41) is 6.34. The molecule has 1 saturated carbocycles. The highest BCUT2D eigenvalue weighted by Crippen LogP contribution is 2.19. The molecule has 3 rings (SSSR count). The first-order chi connectivity index (χ1) is 15.7. The molecule has 1 unspecified atom stereocenters. The maximum atomic E-state index is 11.7. The number of amides is 1. The van der Waals surface area contributed by atoms with Gasteiger partial charge in [0.25, 0.3) is 5.91 Å². The zero-order chi connectivity index (χ0) is 22.6. The number of hydrogen-bond acceptors (Lipinski definition) is 5. The van der Waals surface area contributed by atoms with Gasteiger partial charge in [0.05, 0.1) is 19.8 Å². The van der Waals surface area contributed by atoms with Crippen molar-refractivity contribution in [3.05, 3.63) is 29.8 Å². The van der Waals surface area contributed by atoms with Crippen LogP contribution in [0.2, 0.25) is 0 Å². The molecule has 1 aromatic rings. The second-order valence-corrected chi connectivity index (χ2v) is 8.43. The lowest BCUT2D eigenvalue weighted by Crippen LogP contribution is -2.40. The van der Waals surface area contributed by atoms with Crippen molar-refractivity contribution in [2.45, 2.75) is 38.6 Å². The number of benzene rings is 1. The summed E-state index contributed by atoms with van der Waals surface area (Å²) in [6, 6.07) is 8.29. The molecular weight excluding hydrogens is 408 g/mol. The van der Waals surface area contributed by atoms with Crippen LogP contribution in [0.4, 0.5) is 0 Å². The van der Waals surface area contributed by atoms with Crippen molar-refractivity contribution >= 4 is 11.9 Å². The molecule has 1 amide bonds. The molecule has 2 fully saturated rings. The van der Waals surface area contributed by atoms with Crippen LogP contribution >= 0.6 is 0 Å². The molecule has 1 heterocycles. The molecule has 8 nitrogen and oxygen atoms in total. The Hall–Kier alpha value is -2.32. The van der Waals surface area contributed by atoms with Crippen molar-refractivity contribution in [3.63, 3.8) is 0 Å². The van der Waals surface area contributed by atoms with E-state index in [0.29, 0.717) is 30.9 Å². The molecule has 32 heavy (non-hydrogen) atoms. The molecule has 1 atom stereocenters. The second kappa shape index (κ2) is 13.3. The van der Waals surface area contributed by atoms with Crippen molar-refractivity contribution < 1.29 is 19.0 Å². The van der Waals surface area contributed by atoms with Gasteiger partial charge in [0.2, 0.25) is 0 Å². The topological polar surface area (TPSA) is 84.4 Å². The third-order valence-corrected chi connectivity index (χ3v) is 5.60. The van der Waals surface area contributed by atoms with Gasteiger partial charge in [-0.05, 0) is 50.3 Å². The summed E-state index contributed by atoms with van der Waals surface area (Å²) in [4.78, 5) is 18.9. The zero-order valence-corrected chi connectivity index (χ0v) is 19.5. The molecule has 0 radical (unpaired) electrons. The van der Waals surface area contributed by atoms with Gasteiger partial charge in [0.1, 0.15) is 5.75 Å². The van der Waals surface area contributed by atoms with Crippen molar-refractivity contribution in [2.75, 3.05) is 59.7 Å². The molecule has 0 bridgehead atoms. The van der Waals surface area contributed by atoms with Gasteiger partial charge in [-0.15, -0.1) is 0 Å². The molecule has 1 aliphatic heterocycles. The number of nitrogens with zero attached hydrogens (tertiary/aromatic N) is 2. The molecule has 1 aliphatic carbocycles. The van der Waals surface area contributed by atoms with Crippen molar-refractivity contribution in [1.29, 1.82) is 0 Å². The van der Waals surface area contributed by atoms with Crippen molar-refractivity contribution in [3.8, 4) is 5.75 Å². The maximum Gasteiger partial charge on any atom is 0.258 e. The second-order valence-electron chi connectivity index (χ2n) is 8.43. The Morgan fingerprint density at radius 3 is 2.72 bits per heavy atom. The van der Waals surface area contributed by atoms with Crippen LogP contribution in [0.3, 0.4) is 0 Å². The average molecular weight is 447 g/mol. The summed E-state index contributed by atoms with van der Waals surface area (Å²) in [6.45, 7) is 7.78. The number of carbonyl (C=O) groups excluding carboxylic acids is 1. The number of likely N-dealkylation sites (tertiary alicyclic amines) is 1. The smallest absolute Gasteiger partial charge is 0.258 e. The molecule has 0 aromatic heterocycles. The van der Waals surface area contributed by atoms with E-state index in [-0.39, 0.29) is 12.5 Å². The Morgan fingerprint density at radius 2 is 2.00 bits per heavy atom. The number of ether oxygens (including phenoxy) is 3. The van der Waals surface area contributed by atoms with E-state index in [1.54, 1.807) is 7.11 Å². The number of hydrogen-bond donors (Lipinski definition) is 2. The monoisotopic (exact) mass is 446 g/mol. The highest BCUT2D eigenvalue weighted by molar-refractivity contribution is 5.80. The summed E-state index contributed by atoms with van der Waals surface area (Å²) in [7, 11) is 1.69. The number of guanidine groups is 1. The Morgan fingerprint density at radius 1 is 1.19 bits per heavy atom. The first-order valence-corrected chi connectivity index (χ1v) is 11.8. The van der Waals surface area contributed by atoms with E-state index < -0.39 is 0 Å². The fraction of sp³-hybridized carbons (Fsp3) is 0.667. The lowest BCUT2D eigenvalue weighted by molar-refractivity contribution is -0.123. The minimum absolute atomic E-state index is 0.0486. The standard InChI is InChI=1S/C24H38N4O4/c1-3-25-24(28-13-11-20(16-28)17-31-15-14-30-2)26-12-10-19-4-8-22(9-5-19)32-18-23(29)27-21-6-7-21/h4-5,8-9,20-21H,3,6-7,10-18H2,1-2H3,(H,25,26)(H,27,29). The van der Waals surface area contributed by atoms with Crippen molar-refractivity contribution in [1.82, 2.24) is 15.5 Å². The minimum atomic E-state index is -0.0486. The quantitative estimate of drug-likeness (QED) is 0.273. The Balaban J connectivity index is 1.39. The van der Waals surface area contributed by atoms with Crippen LogP contribution in [-0.2, 0) is 20.7 Å². The molecule has 0 spiro atoms. The van der Waals surface area contributed by atoms with E-state index in [1.165, 1.54) is 5.56 Å². The molecule has 2 N–H and O–H groups in total. The van der Waals surface area contributed by atoms with E-state index in [0.717, 1.165) is 64.4 Å². The predicted molar refractivity (Wildman–Crippen MR) is 125 cm³/mol. The van der Waals surface area contributed by atoms with Crippen LogP contribution in [0, 0.1) is 5.92 Å². The third kappa shape index (κ3) is 8.67. The van der Waals surface area contributed by atoms with Gasteiger partial charge in [-0.1, -0.05) is 12.1 Å². The first kappa shape index (κ1) is 24.3. The van der Waals surface area contributed by atoms with Gasteiger partial charge in [-0.3, -0.25) is 9.79 Å². The number of nitrogens with one attached hydrogen (secondary N) is 2. The zero-order valence-electron chi connectivity index (χ0n) is 19.5. The lowest BCUT2D eigenvalue weighted by Gasteiger charge is -2.21. The Bertz CT molecular complexity index is 721. The van der Waals surface area contributed by atoms with Crippen LogP contribution in [-0.4, -0.2) is 82.5 Å². The summed E-state index contributed by atoms with van der Waals surface area (Å²) in [6.07, 6.45) is 4.15. The van der Waals surface area contributed by atoms with Crippen LogP contribution in [0.25, 0.3) is 0 Å². The fourth-order valence-electron chi connectivity index (χ4n) is 3.67. The summed E-state index contributed by atoms with van der Waals surface area (Å²) in [5.74, 6) is 2.18. The van der Waals surface area contributed by atoms with Crippen LogP contribution in [0.1, 0.15) is 31.7 Å². The van der Waals surface area contributed by atoms with E-state index in [9.17, 15) is 4.79 Å². The molecule has 1 saturated heterocycles. The van der Waals surface area contributed by atoms with Gasteiger partial charge in [0, 0.05) is 45.2 Å². The highest BCUT2D eigenvalue weighted by Gasteiger charge is 2.25. The molecule has 2 aliphatic rings. The van der Waals surface area contributed by atoms with Gasteiger partial charge < -0.3 is 29.7 Å². The van der Waals surface area contributed by atoms with Gasteiger partial charge in [-0.25, -0.2) is 0 Å². The van der Waals surface area contributed by atoms with E-state index in [2.05, 4.69) is 22.5 Å². The van der Waals surface area contributed by atoms with Crippen molar-refractivity contribution in [2.24, 2.45) is 10.9 Å². The summed E-state index contributed by atoms with van der Waals surface area (Å²) >= 11 is 0. The van der Waals surface area contributed by atoms with Gasteiger partial charge in [0.15, 0.2) is 12.6 Å². The number of carbonyl (C=O) groups is 1. The normalized spacial score (nSPS) is 18.6. The van der Waals surface area contributed by atoms with Crippen LogP contribution in [0.5, 0.6) is 5.75 Å². The van der Waals surface area contributed by atoms with Crippen LogP contribution < -0.4 is 15.4 Å². The van der Waals surface area contributed by atoms with E-state index >= 15 is 0 Å². The molecule has 178 valence electrons. The fourth-order valence-corrected chi connectivity index (χ4v) is 3.67. The number of aliphatic imine (C=N–C) groups is 1. The summed E-state index contributed by atoms with van der Waals surface area (Å²) < 4.78 is 16.3. The van der Waals surface area contributed by atoms with Crippen LogP contribution in [0.15, 0.2) is 29.3 Å². The molecule has 8 heteroatoms. The lowest BCUT2D eigenvalue weighted by atomic mass is 10.1. The van der Waals surface area contributed by atoms with Gasteiger partial charge in [-0.2, -0.15) is 0 Å². The molecular formula is C24H38N4O4. The summed E-state index contributed by atoms with van der Waals surface area (Å²) in [5.41, 5.74) is 1.20. The Kier molecular flexibility index (Phi) is 10.1. The largest absolute Gasteiger partial charge is 0.484 e. The first-order valence-electron chi connectivity index (χ1n) is 11.8. The highest BCUT2D eigenvalue weighted by atomic mass is 16.5. The molecule has 1 aromatic carbocycles. The van der Waals surface area contributed by atoms with E-state index in [4.69, 9.17) is 19.2 Å². The SMILES string of the molecule is CCNC(=NCCc1ccc(OCC(=O)NC2CC2)cc1)N1CCC(COCCOC)C1. The Labute approximate surface area is 191 Å². The van der Waals surface area contributed by atoms with Gasteiger partial charge >= 0.3 is 0 Å². The van der Waals surface area contributed by atoms with E-state index in [1.807, 2.05) is 24.3 Å². The minimum Gasteiger partial charge on any atom is -0.484 e. The maximum absolute atomic E-state index is 11.7.